The molecule has 0 aliphatic carbocycles. The van der Waals surface area contributed by atoms with Gasteiger partial charge >= 0.3 is 0 Å². The molecule has 0 aliphatic heterocycles. The lowest BCUT2D eigenvalue weighted by atomic mass is 10.1. The van der Waals surface area contributed by atoms with Crippen LogP contribution in [0.1, 0.15) is 5.56 Å². The Morgan fingerprint density at radius 2 is 1.34 bits per heavy atom. The van der Waals surface area contributed by atoms with Gasteiger partial charge in [-0.3, -0.25) is 9.59 Å². The van der Waals surface area contributed by atoms with Crippen molar-refractivity contribution in [3.05, 3.63) is 96.6 Å². The highest BCUT2D eigenvalue weighted by Crippen LogP contribution is 2.26. The molecule has 9 nitrogen and oxygen atoms in total. The molecule has 1 heterocycles. The molecule has 0 bridgehead atoms. The quantitative estimate of drug-likeness (QED) is 0.230. The van der Waals surface area contributed by atoms with Crippen LogP contribution in [-0.4, -0.2) is 40.8 Å². The fraction of sp³-hybridized carbons (Fsp3) is 0.0769. The van der Waals surface area contributed by atoms with Gasteiger partial charge in [0.2, 0.25) is 0 Å². The predicted octanol–water partition coefficient (Wildman–Crippen LogP) is 3.95. The van der Waals surface area contributed by atoms with Gasteiger partial charge in [0.05, 0.1) is 31.3 Å². The van der Waals surface area contributed by atoms with Crippen LogP contribution in [0.25, 0.3) is 11.8 Å². The molecule has 3 aromatic carbocycles. The molecular formula is C26H23N5O4. The number of carbonyl (C=O) groups excluding carboxylic acids is 2. The molecule has 0 fully saturated rings. The van der Waals surface area contributed by atoms with E-state index in [0.29, 0.717) is 28.4 Å². The Balaban J connectivity index is 1.66. The summed E-state index contributed by atoms with van der Waals surface area (Å²) < 4.78 is 12.2. The van der Waals surface area contributed by atoms with Gasteiger partial charge in [-0.2, -0.15) is 5.10 Å². The van der Waals surface area contributed by atoms with Gasteiger partial charge in [-0.25, -0.2) is 9.67 Å². The maximum absolute atomic E-state index is 13.3. The van der Waals surface area contributed by atoms with Crippen LogP contribution in [0, 0.1) is 0 Å². The summed E-state index contributed by atoms with van der Waals surface area (Å²) in [4.78, 5) is 30.5. The van der Waals surface area contributed by atoms with Crippen LogP contribution in [0.4, 0.5) is 11.4 Å². The van der Waals surface area contributed by atoms with Gasteiger partial charge in [-0.1, -0.05) is 36.4 Å². The number of nitrogens with zero attached hydrogens (tertiary/aromatic N) is 3. The second kappa shape index (κ2) is 10.8. The molecule has 176 valence electrons. The molecule has 0 saturated heterocycles. The van der Waals surface area contributed by atoms with E-state index in [1.807, 2.05) is 12.1 Å². The zero-order chi connectivity index (χ0) is 24.6. The summed E-state index contributed by atoms with van der Waals surface area (Å²) in [5.74, 6) is -0.241. The average Bonchev–Trinajstić information content (AvgIpc) is 3.43. The van der Waals surface area contributed by atoms with Crippen molar-refractivity contribution in [2.24, 2.45) is 0 Å². The zero-order valence-electron chi connectivity index (χ0n) is 19.1. The van der Waals surface area contributed by atoms with E-state index in [2.05, 4.69) is 20.7 Å². The Kier molecular flexibility index (Phi) is 7.17. The maximum atomic E-state index is 13.3. The van der Waals surface area contributed by atoms with Crippen molar-refractivity contribution < 1.29 is 19.1 Å². The van der Waals surface area contributed by atoms with Crippen LogP contribution in [0.2, 0.25) is 0 Å². The number of amides is 2. The minimum Gasteiger partial charge on any atom is -0.495 e. The summed E-state index contributed by atoms with van der Waals surface area (Å²) in [6.45, 7) is 0. The van der Waals surface area contributed by atoms with Crippen LogP contribution >= 0.6 is 0 Å². The lowest BCUT2D eigenvalue weighted by Gasteiger charge is -2.14. The molecule has 9 heteroatoms. The summed E-state index contributed by atoms with van der Waals surface area (Å²) in [7, 11) is 3.01. The van der Waals surface area contributed by atoms with Crippen molar-refractivity contribution in [3.8, 4) is 17.2 Å². The van der Waals surface area contributed by atoms with Gasteiger partial charge in [0, 0.05) is 0 Å². The number of benzene rings is 3. The Labute approximate surface area is 202 Å². The first-order valence-corrected chi connectivity index (χ1v) is 10.6. The smallest absolute Gasteiger partial charge is 0.261 e. The molecule has 0 saturated carbocycles. The largest absolute Gasteiger partial charge is 0.495 e. The molecule has 0 aliphatic rings. The third-order valence-corrected chi connectivity index (χ3v) is 5.09. The summed E-state index contributed by atoms with van der Waals surface area (Å²) in [5, 5.41) is 9.63. The van der Waals surface area contributed by atoms with E-state index < -0.39 is 11.8 Å². The third-order valence-electron chi connectivity index (χ3n) is 5.09. The number of hydrogen-bond acceptors (Lipinski definition) is 6. The van der Waals surface area contributed by atoms with Crippen LogP contribution in [-0.2, 0) is 9.59 Å². The van der Waals surface area contributed by atoms with Crippen LogP contribution in [0.15, 0.2) is 91.0 Å². The molecule has 1 aromatic heterocycles. The van der Waals surface area contributed by atoms with Gasteiger partial charge in [-0.15, -0.1) is 0 Å². The van der Waals surface area contributed by atoms with Gasteiger partial charge in [0.15, 0.2) is 0 Å². The first-order chi connectivity index (χ1) is 17.1. The number of anilines is 2. The van der Waals surface area contributed by atoms with Gasteiger partial charge in [0.25, 0.3) is 11.8 Å². The first kappa shape index (κ1) is 23.2. The molecule has 0 radical (unpaired) electrons. The van der Waals surface area contributed by atoms with Gasteiger partial charge in [-0.05, 0) is 48.0 Å². The molecule has 0 spiro atoms. The lowest BCUT2D eigenvalue weighted by molar-refractivity contribution is -0.118. The highest BCUT2D eigenvalue weighted by molar-refractivity contribution is 6.29. The fourth-order valence-corrected chi connectivity index (χ4v) is 3.34. The topological polar surface area (TPSA) is 107 Å². The Bertz CT molecular complexity index is 1280. The SMILES string of the molecule is COc1ccccc1NC(=O)C(=Cc1ccc(-n2cncn2)cc1)C(=O)Nc1ccccc1OC. The maximum Gasteiger partial charge on any atom is 0.261 e. The molecule has 0 unspecified atom stereocenters. The van der Waals surface area contributed by atoms with Crippen molar-refractivity contribution in [1.29, 1.82) is 0 Å². The molecular weight excluding hydrogens is 446 g/mol. The van der Waals surface area contributed by atoms with Crippen molar-refractivity contribution in [2.75, 3.05) is 24.9 Å². The summed E-state index contributed by atoms with van der Waals surface area (Å²) in [6.07, 6.45) is 4.54. The molecule has 2 amide bonds. The fourth-order valence-electron chi connectivity index (χ4n) is 3.34. The van der Waals surface area contributed by atoms with E-state index in [-0.39, 0.29) is 5.57 Å². The predicted molar refractivity (Wildman–Crippen MR) is 133 cm³/mol. The van der Waals surface area contributed by atoms with Gasteiger partial charge < -0.3 is 20.1 Å². The Morgan fingerprint density at radius 3 is 1.83 bits per heavy atom. The minimum absolute atomic E-state index is 0.102. The van der Waals surface area contributed by atoms with E-state index in [1.54, 1.807) is 71.7 Å². The minimum atomic E-state index is -0.595. The van der Waals surface area contributed by atoms with E-state index in [0.717, 1.165) is 5.69 Å². The average molecular weight is 470 g/mol. The highest BCUT2D eigenvalue weighted by atomic mass is 16.5. The van der Waals surface area contributed by atoms with Crippen molar-refractivity contribution in [1.82, 2.24) is 14.8 Å². The van der Waals surface area contributed by atoms with Crippen LogP contribution < -0.4 is 20.1 Å². The van der Waals surface area contributed by atoms with E-state index in [9.17, 15) is 9.59 Å². The summed E-state index contributed by atoms with van der Waals surface area (Å²) in [6, 6.07) is 21.1. The van der Waals surface area contributed by atoms with Crippen LogP contribution in [0.3, 0.4) is 0 Å². The number of ether oxygens (including phenoxy) is 2. The standard InChI is InChI=1S/C26H23N5O4/c1-34-23-9-5-3-7-21(23)29-25(32)20(26(33)30-22-8-4-6-10-24(22)35-2)15-18-11-13-19(14-12-18)31-17-27-16-28-31/h3-17H,1-2H3,(H,29,32)(H,30,33). The van der Waals surface area contributed by atoms with Crippen molar-refractivity contribution in [3.63, 3.8) is 0 Å². The normalized spacial score (nSPS) is 10.2. The number of hydrogen-bond donors (Lipinski definition) is 2. The number of aromatic nitrogens is 3. The molecule has 4 aromatic rings. The number of nitrogens with one attached hydrogen (secondary N) is 2. The molecule has 0 atom stereocenters. The van der Waals surface area contributed by atoms with E-state index in [4.69, 9.17) is 9.47 Å². The first-order valence-electron chi connectivity index (χ1n) is 10.6. The number of carbonyl (C=O) groups is 2. The number of para-hydroxylation sites is 4. The summed E-state index contributed by atoms with van der Waals surface area (Å²) in [5.41, 5.74) is 2.22. The lowest BCUT2D eigenvalue weighted by Crippen LogP contribution is -2.25. The molecule has 2 N–H and O–H groups in total. The second-order valence-electron chi connectivity index (χ2n) is 7.30. The third kappa shape index (κ3) is 5.53. The number of methoxy groups -OCH3 is 2. The zero-order valence-corrected chi connectivity index (χ0v) is 19.1. The van der Waals surface area contributed by atoms with Crippen molar-refractivity contribution >= 4 is 29.3 Å². The monoisotopic (exact) mass is 469 g/mol. The second-order valence-corrected chi connectivity index (χ2v) is 7.30. The van der Waals surface area contributed by atoms with Crippen molar-refractivity contribution in [2.45, 2.75) is 0 Å². The number of rotatable bonds is 8. The Hall–Kier alpha value is -4.92. The van der Waals surface area contributed by atoms with E-state index >= 15 is 0 Å². The van der Waals surface area contributed by atoms with Crippen LogP contribution in [0.5, 0.6) is 11.5 Å². The highest BCUT2D eigenvalue weighted by Gasteiger charge is 2.21. The Morgan fingerprint density at radius 1 is 0.800 bits per heavy atom. The summed E-state index contributed by atoms with van der Waals surface area (Å²) >= 11 is 0. The molecule has 4 rings (SSSR count). The molecule has 35 heavy (non-hydrogen) atoms. The van der Waals surface area contributed by atoms with E-state index in [1.165, 1.54) is 26.6 Å². The van der Waals surface area contributed by atoms with Gasteiger partial charge in [0.1, 0.15) is 29.7 Å².